The standard InChI is InChI=1S/C24H32ClN3OS/c25-18-10-11-22-20(16-18)24(19-8-3-4-9-21(19)27-22)30-17-23(29)26-12-7-15-28-13-5-1-2-6-14-28/h10-11,16H,1-9,12-15,17H2,(H,26,29). The lowest BCUT2D eigenvalue weighted by atomic mass is 9.94. The number of aromatic nitrogens is 1. The van der Waals surface area contributed by atoms with Crippen LogP contribution in [0.1, 0.15) is 56.2 Å². The Balaban J connectivity index is 1.33. The van der Waals surface area contributed by atoms with E-state index in [2.05, 4.69) is 10.2 Å². The molecule has 1 aliphatic carbocycles. The summed E-state index contributed by atoms with van der Waals surface area (Å²) >= 11 is 7.92. The highest BCUT2D eigenvalue weighted by atomic mass is 35.5. The van der Waals surface area contributed by atoms with Gasteiger partial charge in [-0.25, -0.2) is 0 Å². The zero-order chi connectivity index (χ0) is 20.8. The second-order valence-electron chi connectivity index (χ2n) is 8.48. The third-order valence-electron chi connectivity index (χ3n) is 6.19. The minimum absolute atomic E-state index is 0.118. The van der Waals surface area contributed by atoms with Gasteiger partial charge in [-0.15, -0.1) is 11.8 Å². The van der Waals surface area contributed by atoms with Crippen LogP contribution in [0.15, 0.2) is 23.1 Å². The number of carbonyl (C=O) groups excluding carboxylic acids is 1. The Morgan fingerprint density at radius 1 is 1.10 bits per heavy atom. The van der Waals surface area contributed by atoms with Crippen LogP contribution in [0.25, 0.3) is 10.9 Å². The molecule has 1 aromatic carbocycles. The Morgan fingerprint density at radius 2 is 1.90 bits per heavy atom. The summed E-state index contributed by atoms with van der Waals surface area (Å²) in [4.78, 5) is 21.1. The van der Waals surface area contributed by atoms with Crippen molar-refractivity contribution in [2.24, 2.45) is 0 Å². The first-order valence-corrected chi connectivity index (χ1v) is 12.8. The minimum atomic E-state index is 0.118. The monoisotopic (exact) mass is 445 g/mol. The third-order valence-corrected chi connectivity index (χ3v) is 7.59. The van der Waals surface area contributed by atoms with E-state index >= 15 is 0 Å². The Labute approximate surface area is 189 Å². The first kappa shape index (κ1) is 21.9. The first-order valence-electron chi connectivity index (χ1n) is 11.4. The Bertz CT molecular complexity index is 880. The molecule has 2 aromatic rings. The van der Waals surface area contributed by atoms with Crippen LogP contribution in [0.5, 0.6) is 0 Å². The van der Waals surface area contributed by atoms with Crippen molar-refractivity contribution in [3.8, 4) is 0 Å². The van der Waals surface area contributed by atoms with Crippen molar-refractivity contribution in [1.29, 1.82) is 0 Å². The molecule has 1 aromatic heterocycles. The highest BCUT2D eigenvalue weighted by Gasteiger charge is 2.19. The fourth-order valence-electron chi connectivity index (χ4n) is 4.60. The Morgan fingerprint density at radius 3 is 2.73 bits per heavy atom. The average Bonchev–Trinajstić information content (AvgIpc) is 3.03. The maximum absolute atomic E-state index is 12.5. The van der Waals surface area contributed by atoms with Gasteiger partial charge in [0.2, 0.25) is 5.91 Å². The van der Waals surface area contributed by atoms with E-state index < -0.39 is 0 Å². The molecule has 4 nitrogen and oxygen atoms in total. The summed E-state index contributed by atoms with van der Waals surface area (Å²) in [5.74, 6) is 0.564. The predicted octanol–water partition coefficient (Wildman–Crippen LogP) is 5.24. The summed E-state index contributed by atoms with van der Waals surface area (Å²) in [7, 11) is 0. The maximum Gasteiger partial charge on any atom is 0.230 e. The van der Waals surface area contributed by atoms with Crippen molar-refractivity contribution >= 4 is 40.2 Å². The van der Waals surface area contributed by atoms with E-state index in [1.807, 2.05) is 18.2 Å². The predicted molar refractivity (Wildman–Crippen MR) is 127 cm³/mol. The van der Waals surface area contributed by atoms with Crippen LogP contribution in [0.4, 0.5) is 0 Å². The molecular formula is C24H32ClN3OS. The van der Waals surface area contributed by atoms with Gasteiger partial charge in [0, 0.05) is 27.5 Å². The fraction of sp³-hybridized carbons (Fsp3) is 0.583. The number of carbonyl (C=O) groups is 1. The molecule has 1 amide bonds. The van der Waals surface area contributed by atoms with Crippen molar-refractivity contribution < 1.29 is 4.79 Å². The summed E-state index contributed by atoms with van der Waals surface area (Å²) in [6.45, 7) is 4.28. The number of thioether (sulfide) groups is 1. The Hall–Kier alpha value is -1.30. The quantitative estimate of drug-likeness (QED) is 0.467. The summed E-state index contributed by atoms with van der Waals surface area (Å²) in [6, 6.07) is 5.90. The van der Waals surface area contributed by atoms with Gasteiger partial charge in [0.15, 0.2) is 0 Å². The van der Waals surface area contributed by atoms with Crippen LogP contribution in [0.3, 0.4) is 0 Å². The molecule has 0 spiro atoms. The molecule has 0 saturated carbocycles. The third kappa shape index (κ3) is 5.68. The van der Waals surface area contributed by atoms with Gasteiger partial charge in [0.05, 0.1) is 11.3 Å². The molecule has 2 heterocycles. The van der Waals surface area contributed by atoms with Gasteiger partial charge in [-0.05, 0) is 88.3 Å². The number of pyridine rings is 1. The average molecular weight is 446 g/mol. The fourth-order valence-corrected chi connectivity index (χ4v) is 5.86. The second-order valence-corrected chi connectivity index (χ2v) is 9.90. The number of likely N-dealkylation sites (tertiary alicyclic amines) is 1. The molecule has 0 unspecified atom stereocenters. The topological polar surface area (TPSA) is 45.2 Å². The zero-order valence-corrected chi connectivity index (χ0v) is 19.3. The van der Waals surface area contributed by atoms with Gasteiger partial charge in [-0.2, -0.15) is 0 Å². The Kier molecular flexibility index (Phi) is 7.91. The van der Waals surface area contributed by atoms with E-state index in [1.54, 1.807) is 11.8 Å². The van der Waals surface area contributed by atoms with Gasteiger partial charge < -0.3 is 10.2 Å². The van der Waals surface area contributed by atoms with Gasteiger partial charge in [0.1, 0.15) is 0 Å². The molecule has 1 fully saturated rings. The molecule has 1 N–H and O–H groups in total. The SMILES string of the molecule is O=C(CSc1c2c(nc3ccc(Cl)cc13)CCCC2)NCCCN1CCCCCC1. The normalized spacial score (nSPS) is 17.5. The van der Waals surface area contributed by atoms with Crippen molar-refractivity contribution in [2.45, 2.75) is 62.7 Å². The summed E-state index contributed by atoms with van der Waals surface area (Å²) < 4.78 is 0. The summed E-state index contributed by atoms with van der Waals surface area (Å²) in [5.41, 5.74) is 3.52. The van der Waals surface area contributed by atoms with E-state index in [4.69, 9.17) is 16.6 Å². The number of hydrogen-bond acceptors (Lipinski definition) is 4. The van der Waals surface area contributed by atoms with Crippen molar-refractivity contribution in [3.05, 3.63) is 34.5 Å². The molecule has 0 atom stereocenters. The van der Waals surface area contributed by atoms with Crippen LogP contribution in [-0.2, 0) is 17.6 Å². The summed E-state index contributed by atoms with van der Waals surface area (Å²) in [6.07, 6.45) is 10.9. The number of aryl methyl sites for hydroxylation is 1. The lowest BCUT2D eigenvalue weighted by Gasteiger charge is -2.21. The van der Waals surface area contributed by atoms with Crippen LogP contribution < -0.4 is 5.32 Å². The van der Waals surface area contributed by atoms with E-state index in [0.29, 0.717) is 5.75 Å². The molecule has 162 valence electrons. The summed E-state index contributed by atoms with van der Waals surface area (Å²) in [5, 5.41) is 4.93. The van der Waals surface area contributed by atoms with Crippen LogP contribution in [-0.4, -0.2) is 47.7 Å². The van der Waals surface area contributed by atoms with E-state index in [0.717, 1.165) is 48.3 Å². The van der Waals surface area contributed by atoms with E-state index in [1.165, 1.54) is 67.8 Å². The van der Waals surface area contributed by atoms with Crippen molar-refractivity contribution in [2.75, 3.05) is 31.9 Å². The number of nitrogens with one attached hydrogen (secondary N) is 1. The lowest BCUT2D eigenvalue weighted by Crippen LogP contribution is -2.31. The molecule has 4 rings (SSSR count). The smallest absolute Gasteiger partial charge is 0.230 e. The van der Waals surface area contributed by atoms with Crippen LogP contribution in [0, 0.1) is 0 Å². The molecular weight excluding hydrogens is 414 g/mol. The zero-order valence-electron chi connectivity index (χ0n) is 17.7. The van der Waals surface area contributed by atoms with E-state index in [9.17, 15) is 4.79 Å². The molecule has 2 aliphatic rings. The van der Waals surface area contributed by atoms with Crippen LogP contribution in [0.2, 0.25) is 5.02 Å². The lowest BCUT2D eigenvalue weighted by molar-refractivity contribution is -0.118. The number of amides is 1. The number of fused-ring (bicyclic) bond motifs is 2. The molecule has 0 radical (unpaired) electrons. The number of benzene rings is 1. The second kappa shape index (κ2) is 10.8. The van der Waals surface area contributed by atoms with Crippen molar-refractivity contribution in [1.82, 2.24) is 15.2 Å². The maximum atomic E-state index is 12.5. The number of halogens is 1. The first-order chi connectivity index (χ1) is 14.7. The molecule has 1 aliphatic heterocycles. The van der Waals surface area contributed by atoms with Gasteiger partial charge in [-0.1, -0.05) is 24.4 Å². The highest BCUT2D eigenvalue weighted by Crippen LogP contribution is 2.37. The van der Waals surface area contributed by atoms with Crippen LogP contribution >= 0.6 is 23.4 Å². The van der Waals surface area contributed by atoms with Crippen molar-refractivity contribution in [3.63, 3.8) is 0 Å². The van der Waals surface area contributed by atoms with Gasteiger partial charge in [-0.3, -0.25) is 9.78 Å². The minimum Gasteiger partial charge on any atom is -0.355 e. The number of nitrogens with zero attached hydrogens (tertiary/aromatic N) is 2. The number of rotatable bonds is 7. The van der Waals surface area contributed by atoms with Gasteiger partial charge >= 0.3 is 0 Å². The largest absolute Gasteiger partial charge is 0.355 e. The molecule has 6 heteroatoms. The number of hydrogen-bond donors (Lipinski definition) is 1. The van der Waals surface area contributed by atoms with E-state index in [-0.39, 0.29) is 5.91 Å². The molecule has 1 saturated heterocycles. The molecule has 30 heavy (non-hydrogen) atoms. The molecule has 0 bridgehead atoms. The van der Waals surface area contributed by atoms with Gasteiger partial charge in [0.25, 0.3) is 0 Å². The highest BCUT2D eigenvalue weighted by molar-refractivity contribution is 8.00.